The highest BCUT2D eigenvalue weighted by Crippen LogP contribution is 2.39. The zero-order valence-corrected chi connectivity index (χ0v) is 13.9. The summed E-state index contributed by atoms with van der Waals surface area (Å²) < 4.78 is 11.2. The SMILES string of the molecule is CC(C)(C)[C@H]1OCC[C@@H]1c1noc(CC(O)c2ccccc2)n1. The molecule has 3 rings (SSSR count). The van der Waals surface area contributed by atoms with Crippen LogP contribution in [-0.2, 0) is 11.2 Å². The van der Waals surface area contributed by atoms with E-state index in [-0.39, 0.29) is 17.4 Å². The maximum Gasteiger partial charge on any atom is 0.229 e. The number of hydrogen-bond acceptors (Lipinski definition) is 5. The maximum atomic E-state index is 10.3. The van der Waals surface area contributed by atoms with E-state index in [9.17, 15) is 5.11 Å². The van der Waals surface area contributed by atoms with Gasteiger partial charge in [0, 0.05) is 6.61 Å². The van der Waals surface area contributed by atoms with Gasteiger partial charge in [-0.05, 0) is 17.4 Å². The van der Waals surface area contributed by atoms with E-state index in [1.165, 1.54) is 0 Å². The molecule has 23 heavy (non-hydrogen) atoms. The molecule has 0 amide bonds. The molecule has 2 aromatic rings. The molecule has 0 aliphatic carbocycles. The van der Waals surface area contributed by atoms with Crippen molar-refractivity contribution in [3.05, 3.63) is 47.6 Å². The van der Waals surface area contributed by atoms with E-state index in [0.29, 0.717) is 18.1 Å². The fourth-order valence-corrected chi connectivity index (χ4v) is 3.17. The average molecular weight is 316 g/mol. The molecule has 1 unspecified atom stereocenters. The molecule has 0 bridgehead atoms. The van der Waals surface area contributed by atoms with Gasteiger partial charge < -0.3 is 14.4 Å². The van der Waals surface area contributed by atoms with E-state index < -0.39 is 6.10 Å². The number of hydrogen-bond donors (Lipinski definition) is 1. The van der Waals surface area contributed by atoms with Crippen molar-refractivity contribution in [2.45, 2.75) is 51.7 Å². The third-order valence-electron chi connectivity index (χ3n) is 4.31. The molecule has 0 spiro atoms. The van der Waals surface area contributed by atoms with Gasteiger partial charge in [-0.3, -0.25) is 0 Å². The van der Waals surface area contributed by atoms with Crippen LogP contribution in [0.3, 0.4) is 0 Å². The predicted molar refractivity (Wildman–Crippen MR) is 86.0 cm³/mol. The minimum absolute atomic E-state index is 0.0332. The van der Waals surface area contributed by atoms with Crippen LogP contribution in [0, 0.1) is 5.41 Å². The van der Waals surface area contributed by atoms with Crippen molar-refractivity contribution in [1.82, 2.24) is 10.1 Å². The molecule has 1 aromatic heterocycles. The van der Waals surface area contributed by atoms with E-state index in [1.807, 2.05) is 30.3 Å². The number of benzene rings is 1. The second-order valence-corrected chi connectivity index (χ2v) is 7.23. The third kappa shape index (κ3) is 3.62. The first-order valence-electron chi connectivity index (χ1n) is 8.12. The van der Waals surface area contributed by atoms with Gasteiger partial charge >= 0.3 is 0 Å². The molecular formula is C18H24N2O3. The van der Waals surface area contributed by atoms with Crippen LogP contribution in [0.4, 0.5) is 0 Å². The molecular weight excluding hydrogens is 292 g/mol. The lowest BCUT2D eigenvalue weighted by molar-refractivity contribution is 0.0193. The van der Waals surface area contributed by atoms with Crippen LogP contribution in [0.2, 0.25) is 0 Å². The van der Waals surface area contributed by atoms with E-state index >= 15 is 0 Å². The highest BCUT2D eigenvalue weighted by Gasteiger charge is 2.40. The largest absolute Gasteiger partial charge is 0.388 e. The highest BCUT2D eigenvalue weighted by molar-refractivity contribution is 5.18. The molecule has 1 saturated heterocycles. The standard InChI is InChI=1S/C18H24N2O3/c1-18(2,3)16-13(9-10-22-16)17-19-15(23-20-17)11-14(21)12-7-5-4-6-8-12/h4-8,13-14,16,21H,9-11H2,1-3H3/t13-,14?,16-/m0/s1. The normalized spacial score (nSPS) is 23.1. The van der Waals surface area contributed by atoms with Crippen LogP contribution in [0.15, 0.2) is 34.9 Å². The van der Waals surface area contributed by atoms with Crippen molar-refractivity contribution < 1.29 is 14.4 Å². The Morgan fingerprint density at radius 1 is 1.26 bits per heavy atom. The van der Waals surface area contributed by atoms with Crippen LogP contribution in [0.25, 0.3) is 0 Å². The van der Waals surface area contributed by atoms with Crippen molar-refractivity contribution in [1.29, 1.82) is 0 Å². The van der Waals surface area contributed by atoms with Crippen molar-refractivity contribution in [2.24, 2.45) is 5.41 Å². The molecule has 1 aliphatic heterocycles. The van der Waals surface area contributed by atoms with E-state index in [1.54, 1.807) is 0 Å². The number of aliphatic hydroxyl groups excluding tert-OH is 1. The average Bonchev–Trinajstić information content (AvgIpc) is 3.15. The number of nitrogens with zero attached hydrogens (tertiary/aromatic N) is 2. The monoisotopic (exact) mass is 316 g/mol. The third-order valence-corrected chi connectivity index (χ3v) is 4.31. The number of rotatable bonds is 4. The van der Waals surface area contributed by atoms with Gasteiger partial charge in [0.2, 0.25) is 5.89 Å². The van der Waals surface area contributed by atoms with Gasteiger partial charge in [0.1, 0.15) is 0 Å². The van der Waals surface area contributed by atoms with Crippen LogP contribution >= 0.6 is 0 Å². The Morgan fingerprint density at radius 2 is 2.00 bits per heavy atom. The Balaban J connectivity index is 1.71. The van der Waals surface area contributed by atoms with Gasteiger partial charge in [0.15, 0.2) is 5.82 Å². The molecule has 1 fully saturated rings. The first-order chi connectivity index (χ1) is 10.9. The summed E-state index contributed by atoms with van der Waals surface area (Å²) in [5.74, 6) is 1.31. The van der Waals surface area contributed by atoms with Gasteiger partial charge in [-0.1, -0.05) is 56.3 Å². The van der Waals surface area contributed by atoms with Crippen molar-refractivity contribution in [3.8, 4) is 0 Å². The van der Waals surface area contributed by atoms with Gasteiger partial charge in [-0.2, -0.15) is 4.98 Å². The lowest BCUT2D eigenvalue weighted by atomic mass is 9.81. The van der Waals surface area contributed by atoms with E-state index in [4.69, 9.17) is 9.26 Å². The summed E-state index contributed by atoms with van der Waals surface area (Å²) in [4.78, 5) is 4.50. The Hall–Kier alpha value is -1.72. The van der Waals surface area contributed by atoms with Crippen molar-refractivity contribution in [2.75, 3.05) is 6.61 Å². The Labute approximate surface area is 136 Å². The van der Waals surface area contributed by atoms with E-state index in [0.717, 1.165) is 18.6 Å². The zero-order valence-electron chi connectivity index (χ0n) is 13.9. The summed E-state index contributed by atoms with van der Waals surface area (Å²) in [6, 6.07) is 9.52. The molecule has 0 radical (unpaired) electrons. The summed E-state index contributed by atoms with van der Waals surface area (Å²) in [5.41, 5.74) is 0.884. The summed E-state index contributed by atoms with van der Waals surface area (Å²) in [5, 5.41) is 14.4. The summed E-state index contributed by atoms with van der Waals surface area (Å²) in [7, 11) is 0. The Bertz CT molecular complexity index is 633. The lowest BCUT2D eigenvalue weighted by Crippen LogP contribution is -2.30. The van der Waals surface area contributed by atoms with Gasteiger partial charge in [0.25, 0.3) is 0 Å². The predicted octanol–water partition coefficient (Wildman–Crippen LogP) is 3.26. The molecule has 1 N–H and O–H groups in total. The molecule has 1 aromatic carbocycles. The van der Waals surface area contributed by atoms with Gasteiger partial charge in [-0.25, -0.2) is 0 Å². The number of ether oxygens (including phenoxy) is 1. The summed E-state index contributed by atoms with van der Waals surface area (Å²) >= 11 is 0. The minimum atomic E-state index is -0.636. The molecule has 5 nitrogen and oxygen atoms in total. The van der Waals surface area contributed by atoms with Crippen LogP contribution in [0.1, 0.15) is 56.5 Å². The zero-order chi connectivity index (χ0) is 16.4. The lowest BCUT2D eigenvalue weighted by Gasteiger charge is -2.29. The quantitative estimate of drug-likeness (QED) is 0.937. The second kappa shape index (κ2) is 6.42. The number of aliphatic hydroxyl groups is 1. The Morgan fingerprint density at radius 3 is 2.70 bits per heavy atom. The fraction of sp³-hybridized carbons (Fsp3) is 0.556. The first-order valence-corrected chi connectivity index (χ1v) is 8.12. The minimum Gasteiger partial charge on any atom is -0.388 e. The van der Waals surface area contributed by atoms with Crippen LogP contribution in [0.5, 0.6) is 0 Å². The molecule has 5 heteroatoms. The first kappa shape index (κ1) is 16.1. The Kier molecular flexibility index (Phi) is 4.50. The molecule has 1 aliphatic rings. The molecule has 0 saturated carbocycles. The molecule has 3 atom stereocenters. The van der Waals surface area contributed by atoms with Crippen molar-refractivity contribution >= 4 is 0 Å². The summed E-state index contributed by atoms with van der Waals surface area (Å²) in [6.45, 7) is 7.21. The van der Waals surface area contributed by atoms with E-state index in [2.05, 4.69) is 30.9 Å². The fourth-order valence-electron chi connectivity index (χ4n) is 3.17. The number of aromatic nitrogens is 2. The molecule has 2 heterocycles. The second-order valence-electron chi connectivity index (χ2n) is 7.23. The highest BCUT2D eigenvalue weighted by atomic mass is 16.5. The van der Waals surface area contributed by atoms with Gasteiger partial charge in [-0.15, -0.1) is 0 Å². The topological polar surface area (TPSA) is 68.4 Å². The molecule has 124 valence electrons. The summed E-state index contributed by atoms with van der Waals surface area (Å²) in [6.07, 6.45) is 0.683. The smallest absolute Gasteiger partial charge is 0.229 e. The van der Waals surface area contributed by atoms with Crippen LogP contribution < -0.4 is 0 Å². The maximum absolute atomic E-state index is 10.3. The van der Waals surface area contributed by atoms with Gasteiger partial charge in [0.05, 0.1) is 24.5 Å². The van der Waals surface area contributed by atoms with Crippen LogP contribution in [-0.4, -0.2) is 28.0 Å². The van der Waals surface area contributed by atoms with Crippen molar-refractivity contribution in [3.63, 3.8) is 0 Å².